The van der Waals surface area contributed by atoms with Crippen molar-refractivity contribution in [3.8, 4) is 5.75 Å². The number of nitrogens with two attached hydrogens (primary N) is 1. The fourth-order valence-electron chi connectivity index (χ4n) is 4.16. The van der Waals surface area contributed by atoms with Crippen LogP contribution in [0.1, 0.15) is 107 Å². The van der Waals surface area contributed by atoms with E-state index in [2.05, 4.69) is 24.1 Å². The van der Waals surface area contributed by atoms with Gasteiger partial charge in [0.15, 0.2) is 11.8 Å². The van der Waals surface area contributed by atoms with E-state index in [0.717, 1.165) is 39.0 Å². The standard InChI is InChI=1S/C15H32N2O.C12H12F3NO3/c1-3-4-5-6-7-8-9-10-11-17-15(12-16)13-18-14(15)2;1-6(12(13,14)15)19-10-4-9(11(17)18)16-5-8(10)7-2-3-7/h14,17H,3-13,16H2,1-2H3;4-7H,2-3H2,1H3,(H,17,18)/t;6-/m.0/s1. The van der Waals surface area contributed by atoms with E-state index in [0.29, 0.717) is 12.1 Å². The Kier molecular flexibility index (Phi) is 12.6. The summed E-state index contributed by atoms with van der Waals surface area (Å²) in [5, 5.41) is 12.4. The molecule has 0 amide bonds. The van der Waals surface area contributed by atoms with Gasteiger partial charge in [0.2, 0.25) is 0 Å². The normalized spacial score (nSPS) is 22.0. The molecule has 7 nitrogen and oxygen atoms in total. The molecule has 10 heteroatoms. The first kappa shape index (κ1) is 31.3. The second-order valence-electron chi connectivity index (χ2n) is 10.2. The van der Waals surface area contributed by atoms with Crippen molar-refractivity contribution >= 4 is 5.97 Å². The van der Waals surface area contributed by atoms with Crippen molar-refractivity contribution in [2.75, 3.05) is 19.7 Å². The molecular weight excluding hydrogens is 487 g/mol. The molecule has 4 N–H and O–H groups in total. The second-order valence-corrected chi connectivity index (χ2v) is 10.2. The first-order chi connectivity index (χ1) is 17.5. The minimum Gasteiger partial charge on any atom is -0.481 e. The number of pyridine rings is 1. The van der Waals surface area contributed by atoms with E-state index in [-0.39, 0.29) is 29.0 Å². The molecule has 37 heavy (non-hydrogen) atoms. The molecule has 1 aliphatic carbocycles. The highest BCUT2D eigenvalue weighted by molar-refractivity contribution is 5.85. The van der Waals surface area contributed by atoms with Crippen molar-refractivity contribution in [3.63, 3.8) is 0 Å². The van der Waals surface area contributed by atoms with E-state index < -0.39 is 18.2 Å². The quantitative estimate of drug-likeness (QED) is 0.245. The van der Waals surface area contributed by atoms with E-state index in [1.54, 1.807) is 0 Å². The first-order valence-corrected chi connectivity index (χ1v) is 13.6. The minimum atomic E-state index is -4.49. The Morgan fingerprint density at radius 2 is 1.86 bits per heavy atom. The number of hydrogen-bond donors (Lipinski definition) is 3. The molecule has 1 saturated carbocycles. The van der Waals surface area contributed by atoms with Gasteiger partial charge in [0.1, 0.15) is 5.75 Å². The molecule has 212 valence electrons. The average Bonchev–Trinajstić information content (AvgIpc) is 3.69. The van der Waals surface area contributed by atoms with Gasteiger partial charge < -0.3 is 25.6 Å². The van der Waals surface area contributed by atoms with Crippen molar-refractivity contribution in [1.29, 1.82) is 0 Å². The highest BCUT2D eigenvalue weighted by atomic mass is 19.4. The molecule has 2 heterocycles. The summed E-state index contributed by atoms with van der Waals surface area (Å²) >= 11 is 0. The van der Waals surface area contributed by atoms with Gasteiger partial charge in [-0.2, -0.15) is 13.2 Å². The van der Waals surface area contributed by atoms with Crippen molar-refractivity contribution in [3.05, 3.63) is 23.5 Å². The average molecular weight is 532 g/mol. The summed E-state index contributed by atoms with van der Waals surface area (Å²) in [4.78, 5) is 14.5. The zero-order valence-electron chi connectivity index (χ0n) is 22.4. The van der Waals surface area contributed by atoms with Gasteiger partial charge in [-0.15, -0.1) is 0 Å². The highest BCUT2D eigenvalue weighted by Crippen LogP contribution is 2.44. The molecule has 2 aliphatic rings. The van der Waals surface area contributed by atoms with E-state index in [1.165, 1.54) is 57.6 Å². The summed E-state index contributed by atoms with van der Waals surface area (Å²) in [7, 11) is 0. The number of carboxylic acid groups (broad SMARTS) is 1. The van der Waals surface area contributed by atoms with Gasteiger partial charge in [-0.05, 0) is 45.6 Å². The monoisotopic (exact) mass is 531 g/mol. The van der Waals surface area contributed by atoms with Crippen LogP contribution in [0.25, 0.3) is 0 Å². The third kappa shape index (κ3) is 10.1. The molecule has 0 aromatic carbocycles. The van der Waals surface area contributed by atoms with E-state index in [9.17, 15) is 18.0 Å². The van der Waals surface area contributed by atoms with Gasteiger partial charge in [0.25, 0.3) is 0 Å². The number of nitrogens with one attached hydrogen (secondary N) is 1. The van der Waals surface area contributed by atoms with Crippen LogP contribution in [-0.2, 0) is 4.74 Å². The highest BCUT2D eigenvalue weighted by Gasteiger charge is 2.44. The molecule has 2 fully saturated rings. The molecule has 3 atom stereocenters. The number of nitrogens with zero attached hydrogens (tertiary/aromatic N) is 1. The SMILES string of the molecule is CCCCCCCCCCNC1(CN)COC1C.C[C@H](Oc1cc(C(=O)O)ncc1C1CC1)C(F)(F)F. The summed E-state index contributed by atoms with van der Waals surface area (Å²) in [6.45, 7) is 7.81. The maximum Gasteiger partial charge on any atom is 0.425 e. The molecule has 0 spiro atoms. The van der Waals surface area contributed by atoms with E-state index in [4.69, 9.17) is 20.3 Å². The summed E-state index contributed by atoms with van der Waals surface area (Å²) in [5.74, 6) is -1.22. The Morgan fingerprint density at radius 1 is 1.24 bits per heavy atom. The smallest absolute Gasteiger partial charge is 0.425 e. The van der Waals surface area contributed by atoms with Crippen LogP contribution in [0.5, 0.6) is 5.75 Å². The number of ether oxygens (including phenoxy) is 2. The van der Waals surface area contributed by atoms with E-state index in [1.807, 2.05) is 0 Å². The number of carbonyl (C=O) groups is 1. The zero-order chi connectivity index (χ0) is 27.5. The molecular formula is C27H44F3N3O4. The van der Waals surface area contributed by atoms with Crippen molar-refractivity contribution in [2.24, 2.45) is 5.73 Å². The summed E-state index contributed by atoms with van der Waals surface area (Å²) in [6.07, 6.45) is 7.75. The number of alkyl halides is 3. The van der Waals surface area contributed by atoms with Crippen LogP contribution in [0, 0.1) is 0 Å². The predicted molar refractivity (Wildman–Crippen MR) is 137 cm³/mol. The van der Waals surface area contributed by atoms with Gasteiger partial charge in [-0.1, -0.05) is 51.9 Å². The fourth-order valence-corrected chi connectivity index (χ4v) is 4.16. The van der Waals surface area contributed by atoms with Crippen LogP contribution in [-0.4, -0.2) is 59.7 Å². The molecule has 3 rings (SSSR count). The van der Waals surface area contributed by atoms with Gasteiger partial charge in [0.05, 0.1) is 18.2 Å². The Balaban J connectivity index is 0.000000261. The lowest BCUT2D eigenvalue weighted by atomic mass is 9.89. The molecule has 0 bridgehead atoms. The van der Waals surface area contributed by atoms with Crippen LogP contribution in [0.15, 0.2) is 12.3 Å². The topological polar surface area (TPSA) is 107 Å². The lowest BCUT2D eigenvalue weighted by Crippen LogP contribution is -2.69. The Labute approximate surface area is 218 Å². The molecule has 1 aliphatic heterocycles. The summed E-state index contributed by atoms with van der Waals surface area (Å²) in [6, 6.07) is 1.05. The van der Waals surface area contributed by atoms with Crippen LogP contribution in [0.4, 0.5) is 13.2 Å². The third-order valence-corrected chi connectivity index (χ3v) is 7.14. The first-order valence-electron chi connectivity index (χ1n) is 13.6. The molecule has 2 unspecified atom stereocenters. The van der Waals surface area contributed by atoms with Crippen molar-refractivity contribution in [1.82, 2.24) is 10.3 Å². The molecule has 1 aromatic rings. The second kappa shape index (κ2) is 14.9. The number of carboxylic acids is 1. The number of aromatic carboxylic acids is 1. The molecule has 0 radical (unpaired) electrons. The van der Waals surface area contributed by atoms with Gasteiger partial charge in [-0.3, -0.25) is 0 Å². The number of halogens is 3. The summed E-state index contributed by atoms with van der Waals surface area (Å²) < 4.78 is 47.8. The number of rotatable bonds is 15. The van der Waals surface area contributed by atoms with Crippen LogP contribution < -0.4 is 15.8 Å². The Morgan fingerprint density at radius 3 is 2.32 bits per heavy atom. The third-order valence-electron chi connectivity index (χ3n) is 7.14. The number of hydrogen-bond acceptors (Lipinski definition) is 6. The van der Waals surface area contributed by atoms with Crippen molar-refractivity contribution in [2.45, 2.75) is 115 Å². The lowest BCUT2D eigenvalue weighted by Gasteiger charge is -2.47. The zero-order valence-corrected chi connectivity index (χ0v) is 22.4. The molecule has 1 aromatic heterocycles. The summed E-state index contributed by atoms with van der Waals surface area (Å²) in [5.41, 5.74) is 6.11. The fraction of sp³-hybridized carbons (Fsp3) is 0.778. The van der Waals surface area contributed by atoms with Crippen LogP contribution in [0.3, 0.4) is 0 Å². The van der Waals surface area contributed by atoms with Gasteiger partial charge in [0, 0.05) is 24.4 Å². The van der Waals surface area contributed by atoms with Crippen LogP contribution >= 0.6 is 0 Å². The Bertz CT molecular complexity index is 832. The Hall–Kier alpha value is -1.91. The number of unbranched alkanes of at least 4 members (excludes halogenated alkanes) is 7. The number of aromatic nitrogens is 1. The molecule has 1 saturated heterocycles. The van der Waals surface area contributed by atoms with Gasteiger partial charge >= 0.3 is 12.1 Å². The predicted octanol–water partition coefficient (Wildman–Crippen LogP) is 5.82. The van der Waals surface area contributed by atoms with Crippen molar-refractivity contribution < 1.29 is 32.5 Å². The van der Waals surface area contributed by atoms with E-state index >= 15 is 0 Å². The van der Waals surface area contributed by atoms with Crippen LogP contribution in [0.2, 0.25) is 0 Å². The maximum atomic E-state index is 12.5. The lowest BCUT2D eigenvalue weighted by molar-refractivity contribution is -0.189. The minimum absolute atomic E-state index is 0.0419. The maximum absolute atomic E-state index is 12.5. The van der Waals surface area contributed by atoms with Gasteiger partial charge in [-0.25, -0.2) is 9.78 Å². The largest absolute Gasteiger partial charge is 0.481 e.